The minimum Gasteiger partial charge on any atom is -0.462 e. The third kappa shape index (κ3) is 75.7. The maximum atomic E-state index is 13.1. The number of carbonyl (C=O) groups excluding carboxylic acids is 4. The van der Waals surface area contributed by atoms with Crippen LogP contribution in [0.4, 0.5) is 0 Å². The lowest BCUT2D eigenvalue weighted by molar-refractivity contribution is -0.161. The van der Waals surface area contributed by atoms with Crippen molar-refractivity contribution in [1.82, 2.24) is 0 Å². The van der Waals surface area contributed by atoms with E-state index in [1.807, 2.05) is 0 Å². The van der Waals surface area contributed by atoms with Crippen molar-refractivity contribution in [3.05, 3.63) is 122 Å². The fourth-order valence-electron chi connectivity index (χ4n) is 10.7. The maximum Gasteiger partial charge on any atom is 0.472 e. The molecule has 3 N–H and O–H groups in total. The first-order valence-corrected chi connectivity index (χ1v) is 43.8. The molecule has 0 bridgehead atoms. The molecule has 104 heavy (non-hydrogen) atoms. The van der Waals surface area contributed by atoms with Gasteiger partial charge in [0.25, 0.3) is 0 Å². The van der Waals surface area contributed by atoms with Crippen molar-refractivity contribution in [2.24, 2.45) is 0 Å². The van der Waals surface area contributed by atoms with Crippen molar-refractivity contribution in [2.45, 2.75) is 354 Å². The summed E-state index contributed by atoms with van der Waals surface area (Å²) >= 11 is 0. The number of unbranched alkanes of at least 4 members (excludes halogenated alkanes) is 30. The van der Waals surface area contributed by atoms with Crippen LogP contribution in [0.2, 0.25) is 0 Å². The highest BCUT2D eigenvalue weighted by atomic mass is 31.2. The molecule has 5 unspecified atom stereocenters. The third-order valence-corrected chi connectivity index (χ3v) is 18.8. The number of aliphatic hydroxyl groups is 1. The predicted octanol–water partition coefficient (Wildman–Crippen LogP) is 23.9. The Morgan fingerprint density at radius 3 is 0.798 bits per heavy atom. The van der Waals surface area contributed by atoms with Gasteiger partial charge in [-0.15, -0.1) is 0 Å². The molecular weight excluding hydrogens is 1350 g/mol. The average Bonchev–Trinajstić information content (AvgIpc) is 0.939. The smallest absolute Gasteiger partial charge is 0.462 e. The molecule has 0 fully saturated rings. The van der Waals surface area contributed by atoms with Crippen molar-refractivity contribution in [3.63, 3.8) is 0 Å². The number of allylic oxidation sites excluding steroid dienone is 20. The highest BCUT2D eigenvalue weighted by Gasteiger charge is 2.30. The van der Waals surface area contributed by atoms with Crippen LogP contribution in [-0.4, -0.2) is 96.7 Å². The fraction of sp³-hybridized carbons (Fsp3) is 0.718. The molecule has 0 aromatic rings. The van der Waals surface area contributed by atoms with Crippen LogP contribution >= 0.6 is 15.6 Å². The average molecular weight is 1500 g/mol. The predicted molar refractivity (Wildman–Crippen MR) is 427 cm³/mol. The molecule has 598 valence electrons. The highest BCUT2D eigenvalue weighted by molar-refractivity contribution is 7.47. The summed E-state index contributed by atoms with van der Waals surface area (Å²) in [6.45, 7) is 4.59. The quantitative estimate of drug-likeness (QED) is 0.0169. The van der Waals surface area contributed by atoms with Gasteiger partial charge < -0.3 is 33.8 Å². The molecule has 0 rings (SSSR count). The van der Waals surface area contributed by atoms with Gasteiger partial charge in [0.1, 0.15) is 19.3 Å². The van der Waals surface area contributed by atoms with Gasteiger partial charge in [-0.2, -0.15) is 0 Å². The zero-order valence-corrected chi connectivity index (χ0v) is 67.2. The first-order chi connectivity index (χ1) is 50.7. The second-order valence-corrected chi connectivity index (χ2v) is 29.8. The Bertz CT molecular complexity index is 2440. The number of hydrogen-bond acceptors (Lipinski definition) is 15. The van der Waals surface area contributed by atoms with E-state index >= 15 is 0 Å². The molecule has 0 saturated carbocycles. The van der Waals surface area contributed by atoms with Crippen LogP contribution in [0.25, 0.3) is 0 Å². The first kappa shape index (κ1) is 99.5. The van der Waals surface area contributed by atoms with Crippen LogP contribution in [0.3, 0.4) is 0 Å². The number of rotatable bonds is 76. The summed E-state index contributed by atoms with van der Waals surface area (Å²) in [6.07, 6.45) is 84.5. The van der Waals surface area contributed by atoms with E-state index in [0.717, 1.165) is 193 Å². The molecule has 0 aromatic heterocycles. The number of aliphatic hydroxyl groups excluding tert-OH is 1. The van der Waals surface area contributed by atoms with E-state index in [2.05, 4.69) is 149 Å². The molecule has 5 atom stereocenters. The van der Waals surface area contributed by atoms with E-state index in [4.69, 9.17) is 37.0 Å². The van der Waals surface area contributed by atoms with E-state index < -0.39 is 97.5 Å². The van der Waals surface area contributed by atoms with Gasteiger partial charge in [-0.1, -0.05) is 278 Å². The summed E-state index contributed by atoms with van der Waals surface area (Å²) in [4.78, 5) is 73.1. The van der Waals surface area contributed by atoms with Crippen LogP contribution in [0.1, 0.15) is 336 Å². The van der Waals surface area contributed by atoms with Crippen LogP contribution in [0.5, 0.6) is 0 Å². The standard InChI is InChI=1S/C85H146O17P2/c1-5-9-13-17-21-25-29-33-36-38-39-41-44-47-50-54-58-62-66-70-83(88)95-75-80(101-84(89)71-67-63-59-55-51-45-32-28-24-20-16-12-8-4)77-99-103(91,92)97-73-79(86)74-98-104(93,94)100-78-81(102-85(90)72-68-64-60-56-52-48-42-35-31-27-23-19-15-11-7-3)76-96-82(87)69-65-61-57-53-49-46-43-40-37-34-30-26-22-18-14-10-6-2/h9-10,13-14,21-22,25-26,28,32-37,39,41-42,47,50,79-81,86H,5-8,11-12,15-20,23-24,27,29-31,38,40,43-46,48-49,51-78H2,1-4H3,(H,91,92)(H,93,94)/b13-9-,14-10-,25-21-,26-22-,32-28-,36-33-,37-34-,41-39-,42-35-,50-47-. The minimum absolute atomic E-state index is 0.0754. The lowest BCUT2D eigenvalue weighted by Crippen LogP contribution is -2.30. The van der Waals surface area contributed by atoms with Gasteiger partial charge in [-0.25, -0.2) is 9.13 Å². The zero-order chi connectivity index (χ0) is 76.0. The molecule has 0 aromatic carbocycles. The Morgan fingerprint density at radius 2 is 0.500 bits per heavy atom. The third-order valence-electron chi connectivity index (χ3n) is 16.9. The highest BCUT2D eigenvalue weighted by Crippen LogP contribution is 2.45. The van der Waals surface area contributed by atoms with Gasteiger partial charge in [0.2, 0.25) is 0 Å². The molecule has 0 aliphatic heterocycles. The molecule has 0 heterocycles. The van der Waals surface area contributed by atoms with Crippen LogP contribution < -0.4 is 0 Å². The van der Waals surface area contributed by atoms with Gasteiger partial charge in [0.15, 0.2) is 12.2 Å². The number of ether oxygens (including phenoxy) is 4. The van der Waals surface area contributed by atoms with E-state index in [1.165, 1.54) is 64.2 Å². The molecule has 0 spiro atoms. The largest absolute Gasteiger partial charge is 0.472 e. The van der Waals surface area contributed by atoms with Gasteiger partial charge in [0.05, 0.1) is 26.4 Å². The zero-order valence-electron chi connectivity index (χ0n) is 65.4. The Kier molecular flexibility index (Phi) is 73.3. The Hall–Kier alpha value is -4.54. The van der Waals surface area contributed by atoms with Gasteiger partial charge in [0, 0.05) is 25.7 Å². The van der Waals surface area contributed by atoms with Gasteiger partial charge >= 0.3 is 39.5 Å². The molecule has 19 heteroatoms. The van der Waals surface area contributed by atoms with Crippen molar-refractivity contribution in [3.8, 4) is 0 Å². The Labute approximate surface area is 632 Å². The molecule has 0 saturated heterocycles. The minimum atomic E-state index is -4.99. The number of hydrogen-bond donors (Lipinski definition) is 3. The van der Waals surface area contributed by atoms with Crippen molar-refractivity contribution < 1.29 is 80.2 Å². The number of phosphoric acid groups is 2. The number of esters is 4. The molecule has 0 amide bonds. The van der Waals surface area contributed by atoms with E-state index in [-0.39, 0.29) is 25.7 Å². The number of carbonyl (C=O) groups is 4. The molecular formula is C85H146O17P2. The van der Waals surface area contributed by atoms with E-state index in [0.29, 0.717) is 25.7 Å². The lowest BCUT2D eigenvalue weighted by Gasteiger charge is -2.21. The van der Waals surface area contributed by atoms with Crippen molar-refractivity contribution >= 4 is 39.5 Å². The van der Waals surface area contributed by atoms with Gasteiger partial charge in [-0.05, 0) is 154 Å². The van der Waals surface area contributed by atoms with Crippen LogP contribution in [-0.2, 0) is 65.4 Å². The fourth-order valence-corrected chi connectivity index (χ4v) is 12.3. The summed E-state index contributed by atoms with van der Waals surface area (Å²) in [5.74, 6) is -2.23. The Balaban J connectivity index is 5.39. The van der Waals surface area contributed by atoms with Crippen LogP contribution in [0.15, 0.2) is 122 Å². The SMILES string of the molecule is CC/C=C\C/C=C\C/C=C\C/C=C\C/C=C\CCCCCC(=O)OCC(COP(=O)(O)OCC(O)COP(=O)(O)OCC(COC(=O)CCCCCCCCC/C=C\C/C=C\C/C=C\CC)OC(=O)CCCCCCC/C=C\CCCCCCCC)OC(=O)CCCCCCC/C=C\CCCCCC. The summed E-state index contributed by atoms with van der Waals surface area (Å²) in [7, 11) is -9.97. The second kappa shape index (κ2) is 76.6. The Morgan fingerprint density at radius 1 is 0.279 bits per heavy atom. The first-order valence-electron chi connectivity index (χ1n) is 40.8. The van der Waals surface area contributed by atoms with Gasteiger partial charge in [-0.3, -0.25) is 37.3 Å². The maximum absolute atomic E-state index is 13.1. The van der Waals surface area contributed by atoms with E-state index in [1.54, 1.807) is 0 Å². The molecule has 0 aliphatic carbocycles. The molecule has 0 radical (unpaired) electrons. The summed E-state index contributed by atoms with van der Waals surface area (Å²) in [5.41, 5.74) is 0. The second-order valence-electron chi connectivity index (χ2n) is 26.9. The van der Waals surface area contributed by atoms with Crippen molar-refractivity contribution in [1.29, 1.82) is 0 Å². The molecule has 17 nitrogen and oxygen atoms in total. The normalized spacial score (nSPS) is 14.5. The number of phosphoric ester groups is 2. The monoisotopic (exact) mass is 1500 g/mol. The topological polar surface area (TPSA) is 237 Å². The van der Waals surface area contributed by atoms with E-state index in [9.17, 15) is 43.2 Å². The summed E-state index contributed by atoms with van der Waals surface area (Å²) in [5, 5.41) is 10.6. The lowest BCUT2D eigenvalue weighted by atomic mass is 10.1. The summed E-state index contributed by atoms with van der Waals surface area (Å²) < 4.78 is 68.6. The van der Waals surface area contributed by atoms with Crippen molar-refractivity contribution in [2.75, 3.05) is 39.6 Å². The molecule has 0 aliphatic rings. The summed E-state index contributed by atoms with van der Waals surface area (Å²) in [6, 6.07) is 0. The van der Waals surface area contributed by atoms with Crippen LogP contribution in [0, 0.1) is 0 Å².